The topological polar surface area (TPSA) is 117 Å². The van der Waals surface area contributed by atoms with Crippen molar-refractivity contribution in [2.24, 2.45) is 0 Å². The van der Waals surface area contributed by atoms with Crippen LogP contribution in [0.4, 0.5) is 11.4 Å². The Hall–Kier alpha value is -2.19. The van der Waals surface area contributed by atoms with Crippen LogP contribution in [0.25, 0.3) is 0 Å². The van der Waals surface area contributed by atoms with Crippen molar-refractivity contribution in [1.29, 1.82) is 0 Å². The van der Waals surface area contributed by atoms with E-state index in [1.54, 1.807) is 7.11 Å². The number of benzene rings is 1. The molecule has 1 rings (SSSR count). The lowest BCUT2D eigenvalue weighted by Gasteiger charge is -2.08. The van der Waals surface area contributed by atoms with E-state index < -0.39 is 10.8 Å². The molecule has 1 amide bonds. The average molecular weight is 297 g/mol. The molecule has 0 heterocycles. The maximum atomic E-state index is 11.9. The lowest BCUT2D eigenvalue weighted by molar-refractivity contribution is -0.384. The van der Waals surface area contributed by atoms with Crippen molar-refractivity contribution in [3.63, 3.8) is 0 Å². The molecule has 0 bridgehead atoms. The Balaban J connectivity index is 2.41. The van der Waals surface area contributed by atoms with Crippen molar-refractivity contribution in [3.05, 3.63) is 33.9 Å². The molecule has 0 fully saturated rings. The Morgan fingerprint density at radius 1 is 1.38 bits per heavy atom. The first-order valence-corrected chi connectivity index (χ1v) is 6.45. The molecule has 0 spiro atoms. The standard InChI is InChI=1S/C13H19N3O5/c1-20-7-8-21-6-2-5-15-13(17)11-9-10(16(18)19)3-4-12(11)14/h3-4,9H,2,5-8,14H2,1H3,(H,15,17). The summed E-state index contributed by atoms with van der Waals surface area (Å²) in [6.45, 7) is 1.92. The van der Waals surface area contributed by atoms with Gasteiger partial charge in [0.25, 0.3) is 11.6 Å². The summed E-state index contributed by atoms with van der Waals surface area (Å²) < 4.78 is 10.1. The molecule has 1 aromatic rings. The van der Waals surface area contributed by atoms with Crippen LogP contribution in [0.1, 0.15) is 16.8 Å². The summed E-state index contributed by atoms with van der Waals surface area (Å²) >= 11 is 0. The van der Waals surface area contributed by atoms with Crippen molar-refractivity contribution < 1.29 is 19.2 Å². The zero-order valence-corrected chi connectivity index (χ0v) is 11.8. The van der Waals surface area contributed by atoms with E-state index in [0.29, 0.717) is 32.8 Å². The number of methoxy groups -OCH3 is 1. The summed E-state index contributed by atoms with van der Waals surface area (Å²) in [5.41, 5.74) is 5.79. The van der Waals surface area contributed by atoms with E-state index in [0.717, 1.165) is 0 Å². The maximum absolute atomic E-state index is 11.9. The number of carbonyl (C=O) groups is 1. The molecule has 8 heteroatoms. The fourth-order valence-electron chi connectivity index (χ4n) is 1.57. The summed E-state index contributed by atoms with van der Waals surface area (Å²) in [5.74, 6) is -0.437. The van der Waals surface area contributed by atoms with Crippen LogP contribution in [0.5, 0.6) is 0 Å². The quantitative estimate of drug-likeness (QED) is 0.303. The van der Waals surface area contributed by atoms with Gasteiger partial charge in [0, 0.05) is 38.1 Å². The largest absolute Gasteiger partial charge is 0.398 e. The molecule has 3 N–H and O–H groups in total. The number of carbonyl (C=O) groups excluding carboxylic acids is 1. The van der Waals surface area contributed by atoms with E-state index in [4.69, 9.17) is 15.2 Å². The number of nitro groups is 1. The van der Waals surface area contributed by atoms with Crippen LogP contribution >= 0.6 is 0 Å². The van der Waals surface area contributed by atoms with E-state index in [9.17, 15) is 14.9 Å². The molecule has 1 aromatic carbocycles. The first kappa shape index (κ1) is 16.9. The van der Waals surface area contributed by atoms with Gasteiger partial charge in [0.05, 0.1) is 23.7 Å². The van der Waals surface area contributed by atoms with Gasteiger partial charge in [-0.15, -0.1) is 0 Å². The van der Waals surface area contributed by atoms with E-state index in [-0.39, 0.29) is 16.9 Å². The third-order valence-corrected chi connectivity index (χ3v) is 2.68. The molecule has 0 unspecified atom stereocenters. The van der Waals surface area contributed by atoms with E-state index in [1.165, 1.54) is 18.2 Å². The number of hydrogen-bond acceptors (Lipinski definition) is 6. The normalized spacial score (nSPS) is 10.3. The van der Waals surface area contributed by atoms with Crippen molar-refractivity contribution in [2.45, 2.75) is 6.42 Å². The third kappa shape index (κ3) is 5.76. The summed E-state index contributed by atoms with van der Waals surface area (Å²) in [4.78, 5) is 22.0. The number of nitrogen functional groups attached to an aromatic ring is 1. The van der Waals surface area contributed by atoms with E-state index >= 15 is 0 Å². The highest BCUT2D eigenvalue weighted by atomic mass is 16.6. The number of nitrogens with one attached hydrogen (secondary N) is 1. The van der Waals surface area contributed by atoms with Gasteiger partial charge >= 0.3 is 0 Å². The van der Waals surface area contributed by atoms with E-state index in [1.807, 2.05) is 0 Å². The number of hydrogen-bond donors (Lipinski definition) is 2. The number of non-ortho nitro benzene ring substituents is 1. The van der Waals surface area contributed by atoms with Gasteiger partial charge in [-0.2, -0.15) is 0 Å². The fraction of sp³-hybridized carbons (Fsp3) is 0.462. The van der Waals surface area contributed by atoms with Gasteiger partial charge in [-0.1, -0.05) is 0 Å². The van der Waals surface area contributed by atoms with Crippen LogP contribution in [0.15, 0.2) is 18.2 Å². The molecule has 0 saturated heterocycles. The van der Waals surface area contributed by atoms with Crippen LogP contribution < -0.4 is 11.1 Å². The molecule has 116 valence electrons. The zero-order chi connectivity index (χ0) is 15.7. The van der Waals surface area contributed by atoms with Crippen LogP contribution in [0.2, 0.25) is 0 Å². The molecule has 8 nitrogen and oxygen atoms in total. The highest BCUT2D eigenvalue weighted by Crippen LogP contribution is 2.19. The molecule has 0 aromatic heterocycles. The monoisotopic (exact) mass is 297 g/mol. The maximum Gasteiger partial charge on any atom is 0.270 e. The number of ether oxygens (including phenoxy) is 2. The fourth-order valence-corrected chi connectivity index (χ4v) is 1.57. The first-order valence-electron chi connectivity index (χ1n) is 6.45. The number of nitrogens with two attached hydrogens (primary N) is 1. The van der Waals surface area contributed by atoms with Gasteiger partial charge in [-0.05, 0) is 12.5 Å². The van der Waals surface area contributed by atoms with E-state index in [2.05, 4.69) is 5.32 Å². The number of rotatable bonds is 9. The van der Waals surface area contributed by atoms with Gasteiger partial charge in [0.2, 0.25) is 0 Å². The summed E-state index contributed by atoms with van der Waals surface area (Å²) in [6.07, 6.45) is 0.629. The predicted octanol–water partition coefficient (Wildman–Crippen LogP) is 0.960. The highest BCUT2D eigenvalue weighted by molar-refractivity contribution is 5.99. The third-order valence-electron chi connectivity index (χ3n) is 2.68. The Bertz CT molecular complexity index is 493. The Labute approximate surface area is 122 Å². The van der Waals surface area contributed by atoms with Gasteiger partial charge in [0.15, 0.2) is 0 Å². The lowest BCUT2D eigenvalue weighted by atomic mass is 10.1. The van der Waals surface area contributed by atoms with Crippen molar-refractivity contribution in [1.82, 2.24) is 5.32 Å². The molecular formula is C13H19N3O5. The number of nitro benzene ring substituents is 1. The zero-order valence-electron chi connectivity index (χ0n) is 11.8. The molecule has 21 heavy (non-hydrogen) atoms. The lowest BCUT2D eigenvalue weighted by Crippen LogP contribution is -2.26. The Morgan fingerprint density at radius 3 is 2.81 bits per heavy atom. The van der Waals surface area contributed by atoms with Gasteiger partial charge in [-0.25, -0.2) is 0 Å². The molecule has 0 aliphatic heterocycles. The van der Waals surface area contributed by atoms with Crippen molar-refractivity contribution >= 4 is 17.3 Å². The second-order valence-corrected chi connectivity index (χ2v) is 4.24. The SMILES string of the molecule is COCCOCCCNC(=O)c1cc([N+](=O)[O-])ccc1N. The number of anilines is 1. The van der Waals surface area contributed by atoms with Crippen LogP contribution in [-0.4, -0.2) is 44.3 Å². The second kappa shape index (κ2) is 8.88. The Kier molecular flexibility index (Phi) is 7.13. The molecular weight excluding hydrogens is 278 g/mol. The van der Waals surface area contributed by atoms with Crippen LogP contribution in [0, 0.1) is 10.1 Å². The number of nitrogens with zero attached hydrogens (tertiary/aromatic N) is 1. The highest BCUT2D eigenvalue weighted by Gasteiger charge is 2.14. The predicted molar refractivity (Wildman–Crippen MR) is 77.2 cm³/mol. The smallest absolute Gasteiger partial charge is 0.270 e. The summed E-state index contributed by atoms with van der Waals surface area (Å²) in [6, 6.07) is 3.77. The number of amides is 1. The van der Waals surface area contributed by atoms with Gasteiger partial charge in [0.1, 0.15) is 0 Å². The van der Waals surface area contributed by atoms with Crippen LogP contribution in [0.3, 0.4) is 0 Å². The molecule has 0 radical (unpaired) electrons. The minimum Gasteiger partial charge on any atom is -0.398 e. The molecule has 0 atom stereocenters. The molecule has 0 saturated carbocycles. The molecule has 0 aliphatic rings. The summed E-state index contributed by atoms with van der Waals surface area (Å²) in [5, 5.41) is 13.3. The average Bonchev–Trinajstić information content (AvgIpc) is 2.46. The summed E-state index contributed by atoms with van der Waals surface area (Å²) in [7, 11) is 1.59. The second-order valence-electron chi connectivity index (χ2n) is 4.24. The van der Waals surface area contributed by atoms with Crippen molar-refractivity contribution in [3.8, 4) is 0 Å². The molecule has 0 aliphatic carbocycles. The minimum atomic E-state index is -0.570. The minimum absolute atomic E-state index is 0.101. The van der Waals surface area contributed by atoms with Crippen molar-refractivity contribution in [2.75, 3.05) is 39.2 Å². The van der Waals surface area contributed by atoms with Crippen LogP contribution in [-0.2, 0) is 9.47 Å². The van der Waals surface area contributed by atoms with Gasteiger partial charge in [-0.3, -0.25) is 14.9 Å². The van der Waals surface area contributed by atoms with Gasteiger partial charge < -0.3 is 20.5 Å². The first-order chi connectivity index (χ1) is 10.1. The Morgan fingerprint density at radius 2 is 2.14 bits per heavy atom.